The second kappa shape index (κ2) is 8.66. The van der Waals surface area contributed by atoms with Crippen molar-refractivity contribution < 1.29 is 18.7 Å². The monoisotopic (exact) mass is 536 g/mol. The van der Waals surface area contributed by atoms with Gasteiger partial charge in [-0.05, 0) is 36.8 Å². The summed E-state index contributed by atoms with van der Waals surface area (Å²) in [5.41, 5.74) is 1.44. The van der Waals surface area contributed by atoms with Crippen molar-refractivity contribution in [3.05, 3.63) is 103 Å². The Kier molecular flexibility index (Phi) is 5.66. The van der Waals surface area contributed by atoms with Gasteiger partial charge in [0.25, 0.3) is 5.91 Å². The van der Waals surface area contributed by atoms with Crippen LogP contribution in [-0.2, 0) is 4.74 Å². The minimum Gasteiger partial charge on any atom is -0.457 e. The average Bonchev–Trinajstić information content (AvgIpc) is 3.36. The van der Waals surface area contributed by atoms with Crippen LogP contribution < -0.4 is 10.3 Å². The van der Waals surface area contributed by atoms with Gasteiger partial charge in [-0.25, -0.2) is 9.78 Å². The van der Waals surface area contributed by atoms with Gasteiger partial charge in [-0.2, -0.15) is 0 Å². The lowest BCUT2D eigenvalue weighted by atomic mass is 9.99. The first-order valence-electron chi connectivity index (χ1n) is 10.3. The van der Waals surface area contributed by atoms with Crippen molar-refractivity contribution in [2.75, 3.05) is 11.5 Å². The molecule has 34 heavy (non-hydrogen) atoms. The van der Waals surface area contributed by atoms with Crippen LogP contribution >= 0.6 is 27.3 Å². The molecule has 0 saturated carbocycles. The number of benzene rings is 2. The Morgan fingerprint density at radius 1 is 1.24 bits per heavy atom. The number of hydrogen-bond donors (Lipinski definition) is 0. The lowest BCUT2D eigenvalue weighted by molar-refractivity contribution is 0.0554. The van der Waals surface area contributed by atoms with Crippen molar-refractivity contribution in [2.45, 2.75) is 13.0 Å². The van der Waals surface area contributed by atoms with Crippen LogP contribution in [0.3, 0.4) is 0 Å². The molecule has 1 atom stereocenters. The summed E-state index contributed by atoms with van der Waals surface area (Å²) in [6.07, 6.45) is 1.47. The smallest absolute Gasteiger partial charge is 0.350 e. The zero-order valence-electron chi connectivity index (χ0n) is 17.9. The van der Waals surface area contributed by atoms with E-state index >= 15 is 0 Å². The molecule has 7 nitrogen and oxygen atoms in total. The number of ether oxygens (including phenoxy) is 1. The van der Waals surface area contributed by atoms with Gasteiger partial charge in [0.2, 0.25) is 5.76 Å². The molecule has 9 heteroatoms. The van der Waals surface area contributed by atoms with Gasteiger partial charge in [0.1, 0.15) is 17.1 Å². The first kappa shape index (κ1) is 22.2. The molecule has 0 saturated heterocycles. The topological polar surface area (TPSA) is 89.7 Å². The minimum absolute atomic E-state index is 0.0275. The Bertz CT molecular complexity index is 1520. The molecule has 0 bridgehead atoms. The zero-order chi connectivity index (χ0) is 24.0. The number of nitrogens with zero attached hydrogens (tertiary/aromatic N) is 2. The van der Waals surface area contributed by atoms with E-state index in [0.29, 0.717) is 22.2 Å². The third-order valence-electron chi connectivity index (χ3n) is 5.47. The number of rotatable bonds is 5. The minimum atomic E-state index is -0.765. The van der Waals surface area contributed by atoms with Gasteiger partial charge in [-0.3, -0.25) is 14.5 Å². The highest BCUT2D eigenvalue weighted by molar-refractivity contribution is 9.10. The van der Waals surface area contributed by atoms with E-state index in [2.05, 4.69) is 27.5 Å². The van der Waals surface area contributed by atoms with Crippen LogP contribution in [-0.4, -0.2) is 23.5 Å². The van der Waals surface area contributed by atoms with Gasteiger partial charge in [-0.15, -0.1) is 0 Å². The van der Waals surface area contributed by atoms with Gasteiger partial charge in [0.05, 0.1) is 22.7 Å². The maximum Gasteiger partial charge on any atom is 0.350 e. The van der Waals surface area contributed by atoms with Crippen LogP contribution in [0.5, 0.6) is 0 Å². The predicted octanol–water partition coefficient (Wildman–Crippen LogP) is 5.41. The summed E-state index contributed by atoms with van der Waals surface area (Å²) in [4.78, 5) is 45.8. The Morgan fingerprint density at radius 3 is 2.71 bits per heavy atom. The number of anilines is 1. The standard InChI is InChI=1S/C25H17BrN2O5S/c1-3-12-32-24(31)22-13(2)27-25(34-22)28-19(14-8-10-15(26)11-9-14)18-20(29)16-6-4-5-7-17(16)33-21(18)23(28)30/h3-11,19H,1,12H2,2H3/t19-/m0/s1. The molecule has 170 valence electrons. The van der Waals surface area contributed by atoms with Gasteiger partial charge in [0, 0.05) is 4.47 Å². The molecule has 0 spiro atoms. The second-order valence-corrected chi connectivity index (χ2v) is 9.49. The number of fused-ring (bicyclic) bond motifs is 2. The molecule has 1 amide bonds. The largest absolute Gasteiger partial charge is 0.457 e. The van der Waals surface area contributed by atoms with Gasteiger partial charge in [0.15, 0.2) is 10.6 Å². The van der Waals surface area contributed by atoms with Gasteiger partial charge in [-0.1, -0.05) is 64.2 Å². The van der Waals surface area contributed by atoms with E-state index in [1.54, 1.807) is 31.2 Å². The molecule has 0 fully saturated rings. The molecular formula is C25H17BrN2O5S. The maximum atomic E-state index is 13.6. The van der Waals surface area contributed by atoms with Crippen LogP contribution in [0.4, 0.5) is 5.13 Å². The van der Waals surface area contributed by atoms with Crippen molar-refractivity contribution in [1.29, 1.82) is 0 Å². The van der Waals surface area contributed by atoms with Crippen LogP contribution in [0.15, 0.2) is 74.9 Å². The quantitative estimate of drug-likeness (QED) is 0.250. The van der Waals surface area contributed by atoms with Crippen molar-refractivity contribution in [1.82, 2.24) is 4.98 Å². The summed E-state index contributed by atoms with van der Waals surface area (Å²) >= 11 is 4.46. The van der Waals surface area contributed by atoms with Crippen molar-refractivity contribution in [3.8, 4) is 0 Å². The Morgan fingerprint density at radius 2 is 1.97 bits per heavy atom. The molecule has 4 aromatic rings. The number of amides is 1. The molecule has 2 aromatic carbocycles. The van der Waals surface area contributed by atoms with E-state index in [-0.39, 0.29) is 33.4 Å². The number of carbonyl (C=O) groups is 2. The lowest BCUT2D eigenvalue weighted by Gasteiger charge is -2.22. The number of hydrogen-bond acceptors (Lipinski definition) is 7. The highest BCUT2D eigenvalue weighted by atomic mass is 79.9. The third-order valence-corrected chi connectivity index (χ3v) is 7.14. The average molecular weight is 537 g/mol. The molecule has 2 aromatic heterocycles. The van der Waals surface area contributed by atoms with Crippen LogP contribution in [0.25, 0.3) is 11.0 Å². The molecule has 1 aliphatic heterocycles. The van der Waals surface area contributed by atoms with Gasteiger partial charge < -0.3 is 9.15 Å². The Hall–Kier alpha value is -3.56. The van der Waals surface area contributed by atoms with E-state index < -0.39 is 17.9 Å². The first-order valence-corrected chi connectivity index (χ1v) is 11.9. The molecule has 1 aliphatic rings. The number of carbonyl (C=O) groups excluding carboxylic acids is 2. The number of esters is 1. The fourth-order valence-electron chi connectivity index (χ4n) is 3.95. The summed E-state index contributed by atoms with van der Waals surface area (Å²) in [5.74, 6) is -1.07. The predicted molar refractivity (Wildman–Crippen MR) is 133 cm³/mol. The summed E-state index contributed by atoms with van der Waals surface area (Å²) in [7, 11) is 0. The van der Waals surface area contributed by atoms with Crippen LogP contribution in [0, 0.1) is 6.92 Å². The molecule has 0 radical (unpaired) electrons. The summed E-state index contributed by atoms with van der Waals surface area (Å²) < 4.78 is 11.9. The molecule has 0 N–H and O–H groups in total. The molecule has 0 unspecified atom stereocenters. The summed E-state index contributed by atoms with van der Waals surface area (Å²) in [5, 5.41) is 0.665. The highest BCUT2D eigenvalue weighted by Crippen LogP contribution is 2.43. The number of thiazole rings is 1. The van der Waals surface area contributed by atoms with E-state index in [9.17, 15) is 14.4 Å². The molecular weight excluding hydrogens is 520 g/mol. The SMILES string of the molecule is C=CCOC(=O)c1sc(N2C(=O)c3oc4ccccc4c(=O)c3[C@@H]2c2ccc(Br)cc2)nc1C. The summed E-state index contributed by atoms with van der Waals surface area (Å²) in [6, 6.07) is 13.4. The number of aryl methyl sites for hydroxylation is 1. The van der Waals surface area contributed by atoms with Crippen molar-refractivity contribution in [3.63, 3.8) is 0 Å². The van der Waals surface area contributed by atoms with E-state index in [1.165, 1.54) is 11.0 Å². The number of para-hydroxylation sites is 1. The maximum absolute atomic E-state index is 13.6. The van der Waals surface area contributed by atoms with Crippen LogP contribution in [0.1, 0.15) is 43.1 Å². The molecule has 0 aliphatic carbocycles. The Labute approximate surface area is 206 Å². The third kappa shape index (κ3) is 3.57. The normalized spacial score (nSPS) is 14.9. The Balaban J connectivity index is 1.71. The second-order valence-electron chi connectivity index (χ2n) is 7.60. The fraction of sp³-hybridized carbons (Fsp3) is 0.120. The van der Waals surface area contributed by atoms with E-state index in [1.807, 2.05) is 24.3 Å². The van der Waals surface area contributed by atoms with Crippen molar-refractivity contribution >= 4 is 55.2 Å². The number of aromatic nitrogens is 1. The zero-order valence-corrected chi connectivity index (χ0v) is 20.3. The van der Waals surface area contributed by atoms with E-state index in [0.717, 1.165) is 15.8 Å². The summed E-state index contributed by atoms with van der Waals surface area (Å²) in [6.45, 7) is 5.28. The highest BCUT2D eigenvalue weighted by Gasteiger charge is 2.45. The van der Waals surface area contributed by atoms with Gasteiger partial charge >= 0.3 is 5.97 Å². The van der Waals surface area contributed by atoms with Crippen molar-refractivity contribution in [2.24, 2.45) is 0 Å². The van der Waals surface area contributed by atoms with E-state index in [4.69, 9.17) is 9.15 Å². The molecule has 5 rings (SSSR count). The fourth-order valence-corrected chi connectivity index (χ4v) is 5.20. The lowest BCUT2D eigenvalue weighted by Crippen LogP contribution is -2.29. The first-order chi connectivity index (χ1) is 16.4. The van der Waals surface area contributed by atoms with Crippen LogP contribution in [0.2, 0.25) is 0 Å². The number of halogens is 1. The molecule has 3 heterocycles.